The fourth-order valence-electron chi connectivity index (χ4n) is 4.11. The van der Waals surface area contributed by atoms with Gasteiger partial charge in [0.2, 0.25) is 5.91 Å². The number of carboxylic acid groups (broad SMARTS) is 1. The molecule has 2 atom stereocenters. The van der Waals surface area contributed by atoms with Crippen molar-refractivity contribution >= 4 is 35.1 Å². The van der Waals surface area contributed by atoms with Crippen LogP contribution in [-0.2, 0) is 22.6 Å². The number of rotatable bonds is 7. The maximum Gasteiger partial charge on any atom is 0.303 e. The van der Waals surface area contributed by atoms with E-state index in [0.29, 0.717) is 17.4 Å². The smallest absolute Gasteiger partial charge is 0.303 e. The SMILES string of the molecule is CCC(=O)O.CCC(C)c1ccc(Cl)cc1CN1CCN(C(=O)Cc2ccccc2Cl)C(C)C1. The van der Waals surface area contributed by atoms with E-state index in [2.05, 4.69) is 37.8 Å². The van der Waals surface area contributed by atoms with E-state index in [0.717, 1.165) is 43.2 Å². The molecule has 1 saturated heterocycles. The molecule has 0 spiro atoms. The van der Waals surface area contributed by atoms with Gasteiger partial charge in [-0.1, -0.05) is 68.2 Å². The topological polar surface area (TPSA) is 60.9 Å². The monoisotopic (exact) mass is 506 g/mol. The van der Waals surface area contributed by atoms with Crippen LogP contribution >= 0.6 is 23.2 Å². The molecule has 0 aliphatic carbocycles. The number of carbonyl (C=O) groups is 2. The summed E-state index contributed by atoms with van der Waals surface area (Å²) in [5.41, 5.74) is 3.57. The second-order valence-electron chi connectivity index (χ2n) is 8.84. The van der Waals surface area contributed by atoms with Crippen LogP contribution in [0.2, 0.25) is 10.0 Å². The van der Waals surface area contributed by atoms with Crippen LogP contribution in [0.25, 0.3) is 0 Å². The number of hydrogen-bond acceptors (Lipinski definition) is 3. The van der Waals surface area contributed by atoms with E-state index in [1.165, 1.54) is 11.1 Å². The molecule has 2 aromatic rings. The molecule has 1 heterocycles. The van der Waals surface area contributed by atoms with Gasteiger partial charge in [0.25, 0.3) is 0 Å². The van der Waals surface area contributed by atoms with E-state index in [9.17, 15) is 9.59 Å². The van der Waals surface area contributed by atoms with Gasteiger partial charge < -0.3 is 10.0 Å². The zero-order chi connectivity index (χ0) is 25.3. The van der Waals surface area contributed by atoms with Crippen LogP contribution in [-0.4, -0.2) is 52.5 Å². The molecule has 186 valence electrons. The van der Waals surface area contributed by atoms with E-state index < -0.39 is 5.97 Å². The third-order valence-corrected chi connectivity index (χ3v) is 6.88. The first-order valence-corrected chi connectivity index (χ1v) is 12.7. The Morgan fingerprint density at radius 1 is 1.09 bits per heavy atom. The Kier molecular flexibility index (Phi) is 11.4. The number of piperazine rings is 1. The molecule has 0 radical (unpaired) electrons. The lowest BCUT2D eigenvalue weighted by molar-refractivity contribution is -0.137. The summed E-state index contributed by atoms with van der Waals surface area (Å²) in [5, 5.41) is 9.17. The fourth-order valence-corrected chi connectivity index (χ4v) is 4.50. The molecule has 0 aromatic heterocycles. The number of halogens is 2. The molecule has 1 N–H and O–H groups in total. The highest BCUT2D eigenvalue weighted by atomic mass is 35.5. The van der Waals surface area contributed by atoms with Gasteiger partial charge in [-0.15, -0.1) is 0 Å². The van der Waals surface area contributed by atoms with Gasteiger partial charge in [0.05, 0.1) is 6.42 Å². The Balaban J connectivity index is 0.000000739. The second kappa shape index (κ2) is 13.7. The fraction of sp³-hybridized carbons (Fsp3) is 0.481. The molecule has 7 heteroatoms. The molecular formula is C27H36Cl2N2O3. The molecule has 5 nitrogen and oxygen atoms in total. The number of hydrogen-bond donors (Lipinski definition) is 1. The lowest BCUT2D eigenvalue weighted by Crippen LogP contribution is -2.54. The summed E-state index contributed by atoms with van der Waals surface area (Å²) in [5.74, 6) is -0.0866. The van der Waals surface area contributed by atoms with Crippen LogP contribution < -0.4 is 0 Å². The summed E-state index contributed by atoms with van der Waals surface area (Å²) in [6.07, 6.45) is 1.69. The van der Waals surface area contributed by atoms with Crippen LogP contribution in [0.15, 0.2) is 42.5 Å². The summed E-state index contributed by atoms with van der Waals surface area (Å²) >= 11 is 12.5. The minimum Gasteiger partial charge on any atom is -0.481 e. The number of carbonyl (C=O) groups excluding carboxylic acids is 1. The molecule has 0 bridgehead atoms. The average Bonchev–Trinajstić information content (AvgIpc) is 2.80. The van der Waals surface area contributed by atoms with E-state index in [-0.39, 0.29) is 18.4 Å². The summed E-state index contributed by atoms with van der Waals surface area (Å²) < 4.78 is 0. The first-order valence-electron chi connectivity index (χ1n) is 11.9. The normalized spacial score (nSPS) is 17.0. The van der Waals surface area contributed by atoms with Gasteiger partial charge in [-0.2, -0.15) is 0 Å². The third-order valence-electron chi connectivity index (χ3n) is 6.28. The highest BCUT2D eigenvalue weighted by Gasteiger charge is 2.28. The Bertz CT molecular complexity index is 967. The number of aliphatic carboxylic acids is 1. The Labute approximate surface area is 213 Å². The predicted octanol–water partition coefficient (Wildman–Crippen LogP) is 6.26. The van der Waals surface area contributed by atoms with E-state index in [1.807, 2.05) is 35.2 Å². The van der Waals surface area contributed by atoms with Crippen molar-refractivity contribution in [3.05, 3.63) is 69.2 Å². The maximum absolute atomic E-state index is 12.9. The van der Waals surface area contributed by atoms with Crippen molar-refractivity contribution in [2.45, 2.75) is 65.5 Å². The zero-order valence-corrected chi connectivity index (χ0v) is 22.1. The number of benzene rings is 2. The third kappa shape index (κ3) is 8.30. The summed E-state index contributed by atoms with van der Waals surface area (Å²) in [7, 11) is 0. The van der Waals surface area contributed by atoms with Crippen LogP contribution in [0, 0.1) is 0 Å². The molecule has 34 heavy (non-hydrogen) atoms. The molecule has 2 aromatic carbocycles. The van der Waals surface area contributed by atoms with Crippen LogP contribution in [0.5, 0.6) is 0 Å². The first-order chi connectivity index (χ1) is 16.2. The summed E-state index contributed by atoms with van der Waals surface area (Å²) in [4.78, 5) is 26.6. The second-order valence-corrected chi connectivity index (χ2v) is 9.68. The van der Waals surface area contributed by atoms with Crippen molar-refractivity contribution in [3.8, 4) is 0 Å². The van der Waals surface area contributed by atoms with E-state index >= 15 is 0 Å². The molecule has 1 aliphatic rings. The molecule has 2 unspecified atom stereocenters. The lowest BCUT2D eigenvalue weighted by Gasteiger charge is -2.40. The van der Waals surface area contributed by atoms with Gasteiger partial charge in [-0.05, 0) is 54.2 Å². The molecular weight excluding hydrogens is 471 g/mol. The first kappa shape index (κ1) is 28.2. The Hall–Kier alpha value is -2.08. The maximum atomic E-state index is 12.9. The van der Waals surface area contributed by atoms with Gasteiger partial charge >= 0.3 is 5.97 Å². The van der Waals surface area contributed by atoms with Crippen molar-refractivity contribution in [2.75, 3.05) is 19.6 Å². The number of carboxylic acids is 1. The Morgan fingerprint density at radius 3 is 2.35 bits per heavy atom. The largest absolute Gasteiger partial charge is 0.481 e. The summed E-state index contributed by atoms with van der Waals surface area (Å²) in [6, 6.07) is 14.0. The molecule has 0 saturated carbocycles. The molecule has 1 fully saturated rings. The van der Waals surface area contributed by atoms with Gasteiger partial charge in [-0.25, -0.2) is 0 Å². The number of amides is 1. The average molecular weight is 508 g/mol. The van der Waals surface area contributed by atoms with Crippen molar-refractivity contribution < 1.29 is 14.7 Å². The van der Waals surface area contributed by atoms with Gasteiger partial charge in [0, 0.05) is 48.7 Å². The highest BCUT2D eigenvalue weighted by Crippen LogP contribution is 2.27. The van der Waals surface area contributed by atoms with Crippen LogP contribution in [0.4, 0.5) is 0 Å². The standard InChI is InChI=1S/C24H30Cl2N2O.C3H6O2/c1-4-17(2)22-10-9-21(25)13-20(22)16-27-11-12-28(18(3)15-27)24(29)14-19-7-5-6-8-23(19)26;1-2-3(4)5/h5-10,13,17-18H,4,11-12,14-16H2,1-3H3;2H2,1H3,(H,4,5). The number of nitrogens with zero attached hydrogens (tertiary/aromatic N) is 2. The summed E-state index contributed by atoms with van der Waals surface area (Å²) in [6.45, 7) is 11.5. The van der Waals surface area contributed by atoms with Gasteiger partial charge in [0.1, 0.15) is 0 Å². The van der Waals surface area contributed by atoms with E-state index in [1.54, 1.807) is 6.92 Å². The minimum absolute atomic E-state index is 0.147. The van der Waals surface area contributed by atoms with Crippen molar-refractivity contribution in [3.63, 3.8) is 0 Å². The molecule has 3 rings (SSSR count). The predicted molar refractivity (Wildman–Crippen MR) is 140 cm³/mol. The van der Waals surface area contributed by atoms with Crippen LogP contribution in [0.1, 0.15) is 63.1 Å². The molecule has 1 aliphatic heterocycles. The molecule has 1 amide bonds. The van der Waals surface area contributed by atoms with E-state index in [4.69, 9.17) is 28.3 Å². The zero-order valence-electron chi connectivity index (χ0n) is 20.6. The van der Waals surface area contributed by atoms with Crippen molar-refractivity contribution in [2.24, 2.45) is 0 Å². The van der Waals surface area contributed by atoms with Crippen molar-refractivity contribution in [1.82, 2.24) is 9.80 Å². The van der Waals surface area contributed by atoms with Crippen molar-refractivity contribution in [1.29, 1.82) is 0 Å². The van der Waals surface area contributed by atoms with Gasteiger partial charge in [0.15, 0.2) is 0 Å². The lowest BCUT2D eigenvalue weighted by atomic mass is 9.93. The Morgan fingerprint density at radius 2 is 1.76 bits per heavy atom. The minimum atomic E-state index is -0.745. The highest BCUT2D eigenvalue weighted by molar-refractivity contribution is 6.31. The van der Waals surface area contributed by atoms with Crippen LogP contribution in [0.3, 0.4) is 0 Å². The quantitative estimate of drug-likeness (QED) is 0.480. The van der Waals surface area contributed by atoms with Gasteiger partial charge in [-0.3, -0.25) is 14.5 Å².